The molecule has 3 nitrogen and oxygen atoms in total. The first-order valence-electron chi connectivity index (χ1n) is 6.17. The van der Waals surface area contributed by atoms with Gasteiger partial charge in [0.1, 0.15) is 0 Å². The summed E-state index contributed by atoms with van der Waals surface area (Å²) in [6, 6.07) is 3.99. The van der Waals surface area contributed by atoms with Gasteiger partial charge in [-0.2, -0.15) is 0 Å². The van der Waals surface area contributed by atoms with E-state index in [2.05, 4.69) is 29.5 Å². The second-order valence-corrected chi connectivity index (χ2v) is 4.23. The highest BCUT2D eigenvalue weighted by Crippen LogP contribution is 2.02. The third kappa shape index (κ3) is 5.71. The van der Waals surface area contributed by atoms with Gasteiger partial charge in [-0.1, -0.05) is 20.3 Å². The van der Waals surface area contributed by atoms with Crippen LogP contribution in [0.5, 0.6) is 0 Å². The van der Waals surface area contributed by atoms with Crippen molar-refractivity contribution in [1.82, 2.24) is 10.3 Å². The smallest absolute Gasteiger partial charge is 0.0371 e. The van der Waals surface area contributed by atoms with Crippen molar-refractivity contribution < 1.29 is 0 Å². The SMILES string of the molecule is CCC(C)CNCCCNc1ccncc1. The predicted molar refractivity (Wildman–Crippen MR) is 69.7 cm³/mol. The summed E-state index contributed by atoms with van der Waals surface area (Å²) >= 11 is 0. The minimum absolute atomic E-state index is 0.785. The molecule has 0 aromatic carbocycles. The molecule has 1 aromatic rings. The molecule has 0 saturated heterocycles. The van der Waals surface area contributed by atoms with Gasteiger partial charge in [-0.05, 0) is 37.6 Å². The van der Waals surface area contributed by atoms with Crippen LogP contribution < -0.4 is 10.6 Å². The maximum atomic E-state index is 3.98. The van der Waals surface area contributed by atoms with Gasteiger partial charge in [-0.3, -0.25) is 4.98 Å². The zero-order chi connectivity index (χ0) is 11.6. The monoisotopic (exact) mass is 221 g/mol. The van der Waals surface area contributed by atoms with E-state index in [1.54, 1.807) is 0 Å². The van der Waals surface area contributed by atoms with Gasteiger partial charge in [0.2, 0.25) is 0 Å². The van der Waals surface area contributed by atoms with Crippen LogP contribution in [-0.4, -0.2) is 24.6 Å². The molecule has 0 bridgehead atoms. The van der Waals surface area contributed by atoms with E-state index in [9.17, 15) is 0 Å². The molecule has 0 fully saturated rings. The van der Waals surface area contributed by atoms with Crippen molar-refractivity contribution >= 4 is 5.69 Å². The van der Waals surface area contributed by atoms with E-state index < -0.39 is 0 Å². The molecule has 2 N–H and O–H groups in total. The molecule has 3 heteroatoms. The zero-order valence-electron chi connectivity index (χ0n) is 10.4. The number of pyridine rings is 1. The summed E-state index contributed by atoms with van der Waals surface area (Å²) < 4.78 is 0. The first-order valence-corrected chi connectivity index (χ1v) is 6.17. The zero-order valence-corrected chi connectivity index (χ0v) is 10.4. The minimum Gasteiger partial charge on any atom is -0.385 e. The van der Waals surface area contributed by atoms with E-state index in [1.165, 1.54) is 6.42 Å². The molecule has 0 aliphatic heterocycles. The van der Waals surface area contributed by atoms with Gasteiger partial charge in [-0.15, -0.1) is 0 Å². The normalized spacial score (nSPS) is 12.4. The van der Waals surface area contributed by atoms with Gasteiger partial charge in [0.25, 0.3) is 0 Å². The second-order valence-electron chi connectivity index (χ2n) is 4.23. The van der Waals surface area contributed by atoms with Crippen molar-refractivity contribution in [2.24, 2.45) is 5.92 Å². The molecule has 0 amide bonds. The van der Waals surface area contributed by atoms with Gasteiger partial charge in [0, 0.05) is 24.6 Å². The summed E-state index contributed by atoms with van der Waals surface area (Å²) in [7, 11) is 0. The van der Waals surface area contributed by atoms with Crippen LogP contribution in [0.15, 0.2) is 24.5 Å². The molecule has 1 unspecified atom stereocenters. The number of nitrogens with zero attached hydrogens (tertiary/aromatic N) is 1. The first-order chi connectivity index (χ1) is 7.83. The Kier molecular flexibility index (Phi) is 6.58. The van der Waals surface area contributed by atoms with Gasteiger partial charge < -0.3 is 10.6 Å². The van der Waals surface area contributed by atoms with E-state index in [0.29, 0.717) is 0 Å². The predicted octanol–water partition coefficient (Wildman–Crippen LogP) is 2.52. The van der Waals surface area contributed by atoms with Crippen LogP contribution in [-0.2, 0) is 0 Å². The van der Waals surface area contributed by atoms with Crippen LogP contribution >= 0.6 is 0 Å². The van der Waals surface area contributed by atoms with Crippen molar-refractivity contribution in [3.63, 3.8) is 0 Å². The molecule has 16 heavy (non-hydrogen) atoms. The van der Waals surface area contributed by atoms with Crippen molar-refractivity contribution in [3.8, 4) is 0 Å². The lowest BCUT2D eigenvalue weighted by atomic mass is 10.1. The number of hydrogen-bond donors (Lipinski definition) is 2. The number of aromatic nitrogens is 1. The number of nitrogens with one attached hydrogen (secondary N) is 2. The topological polar surface area (TPSA) is 37.0 Å². The maximum absolute atomic E-state index is 3.98. The molecule has 1 heterocycles. The van der Waals surface area contributed by atoms with Crippen LogP contribution in [0.25, 0.3) is 0 Å². The molecule has 0 aliphatic rings. The fourth-order valence-electron chi connectivity index (χ4n) is 1.41. The largest absolute Gasteiger partial charge is 0.385 e. The Labute approximate surface area is 98.7 Å². The summed E-state index contributed by atoms with van der Waals surface area (Å²) in [4.78, 5) is 3.98. The van der Waals surface area contributed by atoms with E-state index >= 15 is 0 Å². The molecule has 0 radical (unpaired) electrons. The van der Waals surface area contributed by atoms with Gasteiger partial charge in [-0.25, -0.2) is 0 Å². The van der Waals surface area contributed by atoms with Crippen LogP contribution in [0.2, 0.25) is 0 Å². The van der Waals surface area contributed by atoms with Crippen molar-refractivity contribution in [2.45, 2.75) is 26.7 Å². The van der Waals surface area contributed by atoms with Gasteiger partial charge >= 0.3 is 0 Å². The Morgan fingerprint density at radius 2 is 2.00 bits per heavy atom. The van der Waals surface area contributed by atoms with E-state index in [-0.39, 0.29) is 0 Å². The average Bonchev–Trinajstić information content (AvgIpc) is 2.34. The minimum atomic E-state index is 0.785. The lowest BCUT2D eigenvalue weighted by Gasteiger charge is -2.10. The molecular weight excluding hydrogens is 198 g/mol. The Hall–Kier alpha value is -1.09. The molecule has 1 rings (SSSR count). The Morgan fingerprint density at radius 3 is 2.69 bits per heavy atom. The van der Waals surface area contributed by atoms with E-state index in [0.717, 1.165) is 37.7 Å². The quantitative estimate of drug-likeness (QED) is 0.662. The summed E-state index contributed by atoms with van der Waals surface area (Å²) in [5.41, 5.74) is 1.15. The standard InChI is InChI=1S/C13H23N3/c1-3-12(2)11-15-7-4-8-16-13-5-9-14-10-6-13/h5-6,9-10,12,15H,3-4,7-8,11H2,1-2H3,(H,14,16). The third-order valence-electron chi connectivity index (χ3n) is 2.73. The van der Waals surface area contributed by atoms with Crippen LogP contribution in [0, 0.1) is 5.92 Å². The Morgan fingerprint density at radius 1 is 1.25 bits per heavy atom. The molecule has 1 aromatic heterocycles. The lowest BCUT2D eigenvalue weighted by molar-refractivity contribution is 0.498. The highest BCUT2D eigenvalue weighted by Gasteiger charge is 1.96. The van der Waals surface area contributed by atoms with E-state index in [4.69, 9.17) is 0 Å². The van der Waals surface area contributed by atoms with Crippen molar-refractivity contribution in [2.75, 3.05) is 25.0 Å². The lowest BCUT2D eigenvalue weighted by Crippen LogP contribution is -2.23. The second kappa shape index (κ2) is 8.11. The van der Waals surface area contributed by atoms with Crippen LogP contribution in [0.4, 0.5) is 5.69 Å². The number of hydrogen-bond acceptors (Lipinski definition) is 3. The fraction of sp³-hybridized carbons (Fsp3) is 0.615. The highest BCUT2D eigenvalue weighted by atomic mass is 14.9. The van der Waals surface area contributed by atoms with Crippen LogP contribution in [0.3, 0.4) is 0 Å². The first kappa shape index (κ1) is 13.0. The number of anilines is 1. The van der Waals surface area contributed by atoms with E-state index in [1.807, 2.05) is 24.5 Å². The Bertz CT molecular complexity index is 261. The maximum Gasteiger partial charge on any atom is 0.0371 e. The van der Waals surface area contributed by atoms with Gasteiger partial charge in [0.15, 0.2) is 0 Å². The molecule has 0 spiro atoms. The third-order valence-corrected chi connectivity index (χ3v) is 2.73. The van der Waals surface area contributed by atoms with Crippen LogP contribution in [0.1, 0.15) is 26.7 Å². The van der Waals surface area contributed by atoms with Crippen molar-refractivity contribution in [1.29, 1.82) is 0 Å². The molecule has 90 valence electrons. The van der Waals surface area contributed by atoms with Crippen molar-refractivity contribution in [3.05, 3.63) is 24.5 Å². The fourth-order valence-corrected chi connectivity index (χ4v) is 1.41. The number of rotatable bonds is 8. The summed E-state index contributed by atoms with van der Waals surface area (Å²) in [6.45, 7) is 7.74. The van der Waals surface area contributed by atoms with Gasteiger partial charge in [0.05, 0.1) is 0 Å². The molecule has 0 saturated carbocycles. The highest BCUT2D eigenvalue weighted by molar-refractivity contribution is 5.40. The summed E-state index contributed by atoms with van der Waals surface area (Å²) in [6.07, 6.45) is 6.02. The Balaban J connectivity index is 1.96. The summed E-state index contributed by atoms with van der Waals surface area (Å²) in [5.74, 6) is 0.785. The molecular formula is C13H23N3. The average molecular weight is 221 g/mol. The summed E-state index contributed by atoms with van der Waals surface area (Å²) in [5, 5.41) is 6.84. The molecule has 0 aliphatic carbocycles. The molecule has 1 atom stereocenters.